The van der Waals surface area contributed by atoms with Crippen LogP contribution in [0.5, 0.6) is 0 Å². The number of nitrogens with one attached hydrogen (secondary N) is 1. The molecule has 1 aromatic rings. The topological polar surface area (TPSA) is 72.5 Å². The van der Waals surface area contributed by atoms with Crippen molar-refractivity contribution in [2.45, 2.75) is 37.8 Å². The van der Waals surface area contributed by atoms with E-state index in [2.05, 4.69) is 5.32 Å². The van der Waals surface area contributed by atoms with Crippen molar-refractivity contribution in [1.29, 1.82) is 0 Å². The van der Waals surface area contributed by atoms with Gasteiger partial charge in [-0.05, 0) is 38.5 Å². The Hall–Kier alpha value is -1.40. The molecule has 1 aromatic carbocycles. The third-order valence-electron chi connectivity index (χ3n) is 2.95. The predicted molar refractivity (Wildman–Crippen MR) is 77.2 cm³/mol. The third kappa shape index (κ3) is 4.61. The summed E-state index contributed by atoms with van der Waals surface area (Å²) in [5, 5.41) is 3.11. The van der Waals surface area contributed by atoms with E-state index in [1.807, 2.05) is 6.92 Å². The number of hydrogen-bond donors (Lipinski definition) is 1. The van der Waals surface area contributed by atoms with E-state index >= 15 is 0 Å². The molecule has 0 amide bonds. The zero-order valence-electron chi connectivity index (χ0n) is 12.2. The molecule has 0 radical (unpaired) electrons. The minimum atomic E-state index is -3.18. The standard InChI is InChI=1S/C14H21NO4S/c1-5-19-14(16)11(3)15-10(2)12-6-8-13(9-7-12)20(4,17)18/h6-11,15H,5H2,1-4H3. The molecule has 1 rings (SSSR count). The van der Waals surface area contributed by atoms with Crippen LogP contribution in [0.25, 0.3) is 0 Å². The van der Waals surface area contributed by atoms with Gasteiger partial charge < -0.3 is 4.74 Å². The van der Waals surface area contributed by atoms with Gasteiger partial charge in [0.25, 0.3) is 0 Å². The van der Waals surface area contributed by atoms with Crippen LogP contribution in [-0.4, -0.2) is 33.3 Å². The van der Waals surface area contributed by atoms with Gasteiger partial charge in [-0.1, -0.05) is 12.1 Å². The maximum atomic E-state index is 11.5. The fraction of sp³-hybridized carbons (Fsp3) is 0.500. The number of benzene rings is 1. The predicted octanol–water partition coefficient (Wildman–Crippen LogP) is 1.69. The van der Waals surface area contributed by atoms with Gasteiger partial charge in [0, 0.05) is 12.3 Å². The van der Waals surface area contributed by atoms with Crippen LogP contribution in [0.2, 0.25) is 0 Å². The van der Waals surface area contributed by atoms with Crippen LogP contribution in [0.1, 0.15) is 32.4 Å². The molecule has 0 heterocycles. The van der Waals surface area contributed by atoms with Crippen molar-refractivity contribution in [3.63, 3.8) is 0 Å². The molecule has 6 heteroatoms. The van der Waals surface area contributed by atoms with E-state index in [0.29, 0.717) is 6.61 Å². The number of esters is 1. The first-order chi connectivity index (χ1) is 9.25. The number of rotatable bonds is 6. The fourth-order valence-electron chi connectivity index (χ4n) is 1.81. The first-order valence-corrected chi connectivity index (χ1v) is 8.37. The van der Waals surface area contributed by atoms with Crippen LogP contribution in [-0.2, 0) is 19.4 Å². The number of hydrogen-bond acceptors (Lipinski definition) is 5. The van der Waals surface area contributed by atoms with Gasteiger partial charge in [0.1, 0.15) is 6.04 Å². The van der Waals surface area contributed by atoms with E-state index in [0.717, 1.165) is 5.56 Å². The molecule has 0 fully saturated rings. The van der Waals surface area contributed by atoms with Gasteiger partial charge in [0.05, 0.1) is 11.5 Å². The summed E-state index contributed by atoms with van der Waals surface area (Å²) >= 11 is 0. The van der Waals surface area contributed by atoms with Gasteiger partial charge in [0.15, 0.2) is 9.84 Å². The number of carbonyl (C=O) groups is 1. The van der Waals surface area contributed by atoms with Crippen molar-refractivity contribution in [2.24, 2.45) is 0 Å². The summed E-state index contributed by atoms with van der Waals surface area (Å²) < 4.78 is 27.7. The zero-order valence-corrected chi connectivity index (χ0v) is 13.0. The number of carbonyl (C=O) groups excluding carboxylic acids is 1. The summed E-state index contributed by atoms with van der Waals surface area (Å²) in [7, 11) is -3.18. The highest BCUT2D eigenvalue weighted by Crippen LogP contribution is 2.16. The molecule has 20 heavy (non-hydrogen) atoms. The SMILES string of the molecule is CCOC(=O)C(C)NC(C)c1ccc(S(C)(=O)=O)cc1. The van der Waals surface area contributed by atoms with E-state index in [9.17, 15) is 13.2 Å². The summed E-state index contributed by atoms with van der Waals surface area (Å²) in [5.41, 5.74) is 0.911. The lowest BCUT2D eigenvalue weighted by Gasteiger charge is -2.19. The molecule has 2 atom stereocenters. The molecule has 0 aromatic heterocycles. The quantitative estimate of drug-likeness (QED) is 0.809. The molecule has 2 unspecified atom stereocenters. The van der Waals surface area contributed by atoms with E-state index in [4.69, 9.17) is 4.74 Å². The average Bonchev–Trinajstić information content (AvgIpc) is 2.38. The van der Waals surface area contributed by atoms with Crippen molar-refractivity contribution >= 4 is 15.8 Å². The van der Waals surface area contributed by atoms with Gasteiger partial charge >= 0.3 is 5.97 Å². The lowest BCUT2D eigenvalue weighted by Crippen LogP contribution is -2.37. The van der Waals surface area contributed by atoms with Gasteiger partial charge in [-0.25, -0.2) is 8.42 Å². The second kappa shape index (κ2) is 6.85. The van der Waals surface area contributed by atoms with Crippen LogP contribution in [0.3, 0.4) is 0 Å². The van der Waals surface area contributed by atoms with Crippen molar-refractivity contribution in [1.82, 2.24) is 5.32 Å². The summed E-state index contributed by atoms with van der Waals surface area (Å²) in [6.45, 7) is 5.75. The van der Waals surface area contributed by atoms with Gasteiger partial charge in [-0.3, -0.25) is 10.1 Å². The van der Waals surface area contributed by atoms with Crippen LogP contribution >= 0.6 is 0 Å². The molecule has 0 saturated carbocycles. The van der Waals surface area contributed by atoms with Gasteiger partial charge in [-0.15, -0.1) is 0 Å². The van der Waals surface area contributed by atoms with Crippen LogP contribution in [0, 0.1) is 0 Å². The third-order valence-corrected chi connectivity index (χ3v) is 4.08. The number of sulfone groups is 1. The highest BCUT2D eigenvalue weighted by molar-refractivity contribution is 7.90. The molecule has 1 N–H and O–H groups in total. The second-order valence-corrected chi connectivity index (χ2v) is 6.72. The first kappa shape index (κ1) is 16.7. The highest BCUT2D eigenvalue weighted by atomic mass is 32.2. The van der Waals surface area contributed by atoms with E-state index < -0.39 is 15.9 Å². The maximum absolute atomic E-state index is 11.5. The monoisotopic (exact) mass is 299 g/mol. The Morgan fingerprint density at radius 1 is 1.25 bits per heavy atom. The smallest absolute Gasteiger partial charge is 0.322 e. The minimum Gasteiger partial charge on any atom is -0.465 e. The summed E-state index contributed by atoms with van der Waals surface area (Å²) in [5.74, 6) is -0.299. The van der Waals surface area contributed by atoms with E-state index in [1.165, 1.54) is 6.26 Å². The fourth-order valence-corrected chi connectivity index (χ4v) is 2.44. The summed E-state index contributed by atoms with van der Waals surface area (Å²) in [6.07, 6.45) is 1.17. The van der Waals surface area contributed by atoms with Gasteiger partial charge in [0.2, 0.25) is 0 Å². The Labute approximate surface area is 120 Å². The average molecular weight is 299 g/mol. The molecule has 5 nitrogen and oxygen atoms in total. The van der Waals surface area contributed by atoms with Crippen LogP contribution in [0.15, 0.2) is 29.2 Å². The molecule has 0 aliphatic heterocycles. The Kier molecular flexibility index (Phi) is 5.71. The molecule has 112 valence electrons. The maximum Gasteiger partial charge on any atom is 0.322 e. The van der Waals surface area contributed by atoms with Gasteiger partial charge in [-0.2, -0.15) is 0 Å². The molecule has 0 bridgehead atoms. The zero-order chi connectivity index (χ0) is 15.3. The molecule has 0 saturated heterocycles. The molecule has 0 aliphatic carbocycles. The lowest BCUT2D eigenvalue weighted by molar-refractivity contribution is -0.145. The van der Waals surface area contributed by atoms with Crippen molar-refractivity contribution in [3.05, 3.63) is 29.8 Å². The largest absolute Gasteiger partial charge is 0.465 e. The summed E-state index contributed by atoms with van der Waals surface area (Å²) in [6, 6.07) is 6.12. The van der Waals surface area contributed by atoms with E-state index in [-0.39, 0.29) is 16.9 Å². The number of ether oxygens (including phenoxy) is 1. The first-order valence-electron chi connectivity index (χ1n) is 6.48. The minimum absolute atomic E-state index is 0.0805. The lowest BCUT2D eigenvalue weighted by atomic mass is 10.1. The Balaban J connectivity index is 2.73. The molecule has 0 aliphatic rings. The Morgan fingerprint density at radius 3 is 2.25 bits per heavy atom. The van der Waals surface area contributed by atoms with Crippen LogP contribution < -0.4 is 5.32 Å². The van der Waals surface area contributed by atoms with Crippen molar-refractivity contribution in [2.75, 3.05) is 12.9 Å². The normalized spacial score (nSPS) is 14.6. The van der Waals surface area contributed by atoms with Crippen LogP contribution in [0.4, 0.5) is 0 Å². The molecular formula is C14H21NO4S. The highest BCUT2D eigenvalue weighted by Gasteiger charge is 2.17. The van der Waals surface area contributed by atoms with Crippen molar-refractivity contribution < 1.29 is 17.9 Å². The second-order valence-electron chi connectivity index (χ2n) is 4.70. The van der Waals surface area contributed by atoms with E-state index in [1.54, 1.807) is 38.1 Å². The summed E-state index contributed by atoms with van der Waals surface area (Å²) in [4.78, 5) is 11.8. The molecule has 0 spiro atoms. The Bertz CT molecular complexity index is 551. The van der Waals surface area contributed by atoms with Crippen molar-refractivity contribution in [3.8, 4) is 0 Å². The Morgan fingerprint density at radius 2 is 1.80 bits per heavy atom. The molecular weight excluding hydrogens is 278 g/mol.